The second-order valence-electron chi connectivity index (χ2n) is 10.1. The van der Waals surface area contributed by atoms with Gasteiger partial charge in [-0.25, -0.2) is 0 Å². The van der Waals surface area contributed by atoms with Crippen LogP contribution in [0.5, 0.6) is 11.5 Å². The standard InChI is InChI=1S/C33H43N3O2/c1-4-6-8-10-12-14-20-37-27-16-18-31-29(22-27)33(26(24-34)25-35)30-23-28(17-19-32(30)36(31)3)38-21-15-13-11-9-7-5-2/h16-19,22-23H,4-15,20-21H2,1-3H3. The lowest BCUT2D eigenvalue weighted by Gasteiger charge is -2.32. The fourth-order valence-electron chi connectivity index (χ4n) is 5.02. The number of allylic oxidation sites excluding steroid dienone is 1. The van der Waals surface area contributed by atoms with E-state index in [1.165, 1.54) is 64.2 Å². The van der Waals surface area contributed by atoms with Crippen molar-refractivity contribution in [3.8, 4) is 23.6 Å². The Morgan fingerprint density at radius 2 is 1.08 bits per heavy atom. The maximum Gasteiger partial charge on any atom is 0.138 e. The molecule has 3 rings (SSSR count). The van der Waals surface area contributed by atoms with Gasteiger partial charge in [0.15, 0.2) is 0 Å². The molecule has 38 heavy (non-hydrogen) atoms. The smallest absolute Gasteiger partial charge is 0.138 e. The van der Waals surface area contributed by atoms with Gasteiger partial charge < -0.3 is 14.4 Å². The summed E-state index contributed by atoms with van der Waals surface area (Å²) >= 11 is 0. The van der Waals surface area contributed by atoms with Crippen LogP contribution in [0.25, 0.3) is 5.57 Å². The third kappa shape index (κ3) is 7.78. The molecule has 0 bridgehead atoms. The number of nitriles is 2. The van der Waals surface area contributed by atoms with Crippen LogP contribution >= 0.6 is 0 Å². The lowest BCUT2D eigenvalue weighted by molar-refractivity contribution is 0.304. The van der Waals surface area contributed by atoms with Crippen LogP contribution in [0.15, 0.2) is 42.0 Å². The number of benzene rings is 2. The van der Waals surface area contributed by atoms with E-state index >= 15 is 0 Å². The summed E-state index contributed by atoms with van der Waals surface area (Å²) in [6.07, 6.45) is 14.5. The predicted molar refractivity (Wildman–Crippen MR) is 156 cm³/mol. The van der Waals surface area contributed by atoms with Crippen molar-refractivity contribution in [1.29, 1.82) is 10.5 Å². The van der Waals surface area contributed by atoms with Gasteiger partial charge in [0.25, 0.3) is 0 Å². The Labute approximate surface area is 229 Å². The van der Waals surface area contributed by atoms with Gasteiger partial charge in [-0.2, -0.15) is 10.5 Å². The SMILES string of the molecule is CCCCCCCCOc1ccc2c(c1)C(=C(C#N)C#N)c1cc(OCCCCCCCC)ccc1N2C. The lowest BCUT2D eigenvalue weighted by atomic mass is 9.87. The van der Waals surface area contributed by atoms with E-state index in [0.29, 0.717) is 18.8 Å². The summed E-state index contributed by atoms with van der Waals surface area (Å²) in [5.74, 6) is 1.52. The van der Waals surface area contributed by atoms with Gasteiger partial charge >= 0.3 is 0 Å². The molecule has 2 aromatic rings. The van der Waals surface area contributed by atoms with Gasteiger partial charge in [-0.3, -0.25) is 0 Å². The van der Waals surface area contributed by atoms with Gasteiger partial charge in [-0.1, -0.05) is 78.1 Å². The van der Waals surface area contributed by atoms with Crippen LogP contribution < -0.4 is 14.4 Å². The molecular weight excluding hydrogens is 470 g/mol. The normalized spacial score (nSPS) is 11.8. The van der Waals surface area contributed by atoms with Crippen LogP contribution in [-0.4, -0.2) is 20.3 Å². The first-order valence-electron chi connectivity index (χ1n) is 14.5. The molecule has 0 saturated heterocycles. The topological polar surface area (TPSA) is 69.3 Å². The van der Waals surface area contributed by atoms with E-state index in [1.807, 2.05) is 43.4 Å². The molecule has 5 heteroatoms. The number of ether oxygens (including phenoxy) is 2. The van der Waals surface area contributed by atoms with Crippen LogP contribution in [0, 0.1) is 22.7 Å². The van der Waals surface area contributed by atoms with Crippen LogP contribution in [0.2, 0.25) is 0 Å². The molecule has 0 fully saturated rings. The second-order valence-corrected chi connectivity index (χ2v) is 10.1. The summed E-state index contributed by atoms with van der Waals surface area (Å²) in [7, 11) is 2.01. The molecule has 0 N–H and O–H groups in total. The Morgan fingerprint density at radius 3 is 1.50 bits per heavy atom. The van der Waals surface area contributed by atoms with Gasteiger partial charge in [-0.15, -0.1) is 0 Å². The minimum absolute atomic E-state index is 0.0988. The largest absolute Gasteiger partial charge is 0.494 e. The van der Waals surface area contributed by atoms with Crippen LogP contribution in [0.1, 0.15) is 102 Å². The number of rotatable bonds is 16. The van der Waals surface area contributed by atoms with E-state index in [-0.39, 0.29) is 5.57 Å². The molecule has 0 unspecified atom stereocenters. The van der Waals surface area contributed by atoms with Gasteiger partial charge in [0.05, 0.1) is 13.2 Å². The zero-order valence-electron chi connectivity index (χ0n) is 23.5. The minimum atomic E-state index is 0.0988. The molecule has 5 nitrogen and oxygen atoms in total. The monoisotopic (exact) mass is 513 g/mol. The van der Waals surface area contributed by atoms with E-state index in [1.54, 1.807) is 0 Å². The minimum Gasteiger partial charge on any atom is -0.494 e. The van der Waals surface area contributed by atoms with E-state index in [9.17, 15) is 10.5 Å². The number of unbranched alkanes of at least 4 members (excludes halogenated alkanes) is 10. The Kier molecular flexibility index (Phi) is 12.1. The first kappa shape index (κ1) is 29.1. The third-order valence-corrected chi connectivity index (χ3v) is 7.20. The first-order valence-corrected chi connectivity index (χ1v) is 14.5. The highest BCUT2D eigenvalue weighted by Gasteiger charge is 2.28. The van der Waals surface area contributed by atoms with Crippen LogP contribution in [-0.2, 0) is 0 Å². The Morgan fingerprint density at radius 1 is 0.658 bits per heavy atom. The highest BCUT2D eigenvalue weighted by atomic mass is 16.5. The molecule has 0 aliphatic carbocycles. The molecule has 1 heterocycles. The van der Waals surface area contributed by atoms with Gasteiger partial charge in [-0.05, 0) is 49.2 Å². The number of hydrogen-bond acceptors (Lipinski definition) is 5. The summed E-state index contributed by atoms with van der Waals surface area (Å²) in [5.41, 5.74) is 4.32. The van der Waals surface area contributed by atoms with Gasteiger partial charge in [0.2, 0.25) is 0 Å². The third-order valence-electron chi connectivity index (χ3n) is 7.20. The number of hydrogen-bond donors (Lipinski definition) is 0. The maximum atomic E-state index is 9.85. The maximum absolute atomic E-state index is 9.85. The van der Waals surface area contributed by atoms with Crippen molar-refractivity contribution in [3.05, 3.63) is 53.1 Å². The molecule has 0 radical (unpaired) electrons. The average molecular weight is 514 g/mol. The van der Waals surface area contributed by atoms with Crippen molar-refractivity contribution < 1.29 is 9.47 Å². The van der Waals surface area contributed by atoms with E-state index in [4.69, 9.17) is 9.47 Å². The molecule has 1 aliphatic heterocycles. The number of nitrogens with zero attached hydrogens (tertiary/aromatic N) is 3. The summed E-state index contributed by atoms with van der Waals surface area (Å²) < 4.78 is 12.2. The van der Waals surface area contributed by atoms with Gasteiger partial charge in [0, 0.05) is 35.1 Å². The van der Waals surface area contributed by atoms with E-state index in [2.05, 4.69) is 30.9 Å². The predicted octanol–water partition coefficient (Wildman–Crippen LogP) is 9.10. The second kappa shape index (κ2) is 15.7. The molecule has 202 valence electrons. The fourth-order valence-corrected chi connectivity index (χ4v) is 5.02. The Balaban J connectivity index is 1.77. The van der Waals surface area contributed by atoms with Crippen molar-refractivity contribution in [3.63, 3.8) is 0 Å². The van der Waals surface area contributed by atoms with Crippen LogP contribution in [0.4, 0.5) is 11.4 Å². The molecule has 0 spiro atoms. The van der Waals surface area contributed by atoms with E-state index in [0.717, 1.165) is 46.8 Å². The summed E-state index contributed by atoms with van der Waals surface area (Å²) in [6.45, 7) is 5.78. The van der Waals surface area contributed by atoms with Crippen molar-refractivity contribution in [2.45, 2.75) is 90.9 Å². The molecule has 1 aliphatic rings. The molecule has 0 amide bonds. The van der Waals surface area contributed by atoms with Crippen molar-refractivity contribution in [2.75, 3.05) is 25.2 Å². The fraction of sp³-hybridized carbons (Fsp3) is 0.515. The summed E-state index contributed by atoms with van der Waals surface area (Å²) in [5, 5.41) is 19.7. The summed E-state index contributed by atoms with van der Waals surface area (Å²) in [4.78, 5) is 2.11. The Hall–Kier alpha value is -3.44. The lowest BCUT2D eigenvalue weighted by Crippen LogP contribution is -2.19. The highest BCUT2D eigenvalue weighted by Crippen LogP contribution is 2.47. The van der Waals surface area contributed by atoms with Crippen molar-refractivity contribution in [2.24, 2.45) is 0 Å². The Bertz CT molecular complexity index is 1070. The molecule has 0 aromatic heterocycles. The molecular formula is C33H43N3O2. The van der Waals surface area contributed by atoms with E-state index < -0.39 is 0 Å². The van der Waals surface area contributed by atoms with Gasteiger partial charge in [0.1, 0.15) is 29.2 Å². The first-order chi connectivity index (χ1) is 18.6. The zero-order valence-corrected chi connectivity index (χ0v) is 23.5. The zero-order chi connectivity index (χ0) is 27.2. The quantitative estimate of drug-likeness (QED) is 0.165. The van der Waals surface area contributed by atoms with Crippen molar-refractivity contribution in [1.82, 2.24) is 0 Å². The highest BCUT2D eigenvalue weighted by molar-refractivity contribution is 6.01. The average Bonchev–Trinajstić information content (AvgIpc) is 2.94. The molecule has 0 saturated carbocycles. The van der Waals surface area contributed by atoms with Crippen LogP contribution in [0.3, 0.4) is 0 Å². The molecule has 0 atom stereocenters. The van der Waals surface area contributed by atoms with Crippen molar-refractivity contribution >= 4 is 16.9 Å². The number of fused-ring (bicyclic) bond motifs is 2. The molecule has 2 aromatic carbocycles. The number of anilines is 2. The summed E-state index contributed by atoms with van der Waals surface area (Å²) in [6, 6.07) is 16.2.